The summed E-state index contributed by atoms with van der Waals surface area (Å²) in [6, 6.07) is -0.157. The van der Waals surface area contributed by atoms with Gasteiger partial charge in [0.15, 0.2) is 0 Å². The second-order valence-electron chi connectivity index (χ2n) is 7.85. The number of hydrogen-bond donors (Lipinski definition) is 9. The summed E-state index contributed by atoms with van der Waals surface area (Å²) >= 11 is 0. The van der Waals surface area contributed by atoms with Gasteiger partial charge in [-0.3, -0.25) is 19.2 Å². The molecule has 11 N–H and O–H groups in total. The van der Waals surface area contributed by atoms with Gasteiger partial charge in [0.1, 0.15) is 29.9 Å². The minimum atomic E-state index is -1.56. The number of amides is 4. The number of carbonyl (C=O) groups is 5. The summed E-state index contributed by atoms with van der Waals surface area (Å²) in [4.78, 5) is 60.3. The standard InChI is InChI=1S/C21H31N5O9/c1-10(28)17(26-18(31)13(22)9-27)20(33)25-15(8-11-2-4-12(29)5-3-11)19(32)24-14(21(34)35)6-7-16(23)30/h2-5,10,13-15,17,27-29H,6-9,22H2,1H3,(H2,23,30)(H,24,32)(H,25,33)(H,26,31)(H,34,35). The second-order valence-corrected chi connectivity index (χ2v) is 7.85. The number of nitrogens with two attached hydrogens (primary N) is 2. The van der Waals surface area contributed by atoms with Gasteiger partial charge in [-0.1, -0.05) is 12.1 Å². The second kappa shape index (κ2) is 13.8. The van der Waals surface area contributed by atoms with Gasteiger partial charge >= 0.3 is 5.97 Å². The average Bonchev–Trinajstić information content (AvgIpc) is 2.79. The Morgan fingerprint density at radius 2 is 1.51 bits per heavy atom. The zero-order valence-electron chi connectivity index (χ0n) is 19.0. The van der Waals surface area contributed by atoms with Crippen molar-refractivity contribution >= 4 is 29.6 Å². The van der Waals surface area contributed by atoms with Crippen LogP contribution in [0.15, 0.2) is 24.3 Å². The minimum absolute atomic E-state index is 0.0479. The van der Waals surface area contributed by atoms with Crippen molar-refractivity contribution in [3.8, 4) is 5.75 Å². The molecule has 0 radical (unpaired) electrons. The van der Waals surface area contributed by atoms with Gasteiger partial charge in [-0.2, -0.15) is 0 Å². The number of benzene rings is 1. The van der Waals surface area contributed by atoms with Crippen molar-refractivity contribution in [1.82, 2.24) is 16.0 Å². The van der Waals surface area contributed by atoms with E-state index in [1.807, 2.05) is 0 Å². The van der Waals surface area contributed by atoms with Crippen molar-refractivity contribution < 1.29 is 44.4 Å². The molecule has 0 aromatic heterocycles. The van der Waals surface area contributed by atoms with Crippen LogP contribution in [0.5, 0.6) is 5.75 Å². The fourth-order valence-corrected chi connectivity index (χ4v) is 2.90. The van der Waals surface area contributed by atoms with E-state index in [9.17, 15) is 39.3 Å². The number of hydrogen-bond acceptors (Lipinski definition) is 9. The predicted molar refractivity (Wildman–Crippen MR) is 120 cm³/mol. The summed E-state index contributed by atoms with van der Waals surface area (Å²) in [6.07, 6.45) is -2.18. The third-order valence-corrected chi connectivity index (χ3v) is 4.90. The normalized spacial score (nSPS) is 15.1. The van der Waals surface area contributed by atoms with Crippen LogP contribution in [0.4, 0.5) is 0 Å². The van der Waals surface area contributed by atoms with Crippen molar-refractivity contribution in [3.05, 3.63) is 29.8 Å². The summed E-state index contributed by atoms with van der Waals surface area (Å²) in [5.74, 6) is -5.08. The zero-order valence-corrected chi connectivity index (χ0v) is 19.0. The highest BCUT2D eigenvalue weighted by atomic mass is 16.4. The smallest absolute Gasteiger partial charge is 0.326 e. The molecule has 1 aromatic rings. The molecule has 4 amide bonds. The summed E-state index contributed by atoms with van der Waals surface area (Å²) in [5, 5.41) is 44.6. The van der Waals surface area contributed by atoms with E-state index in [0.717, 1.165) is 0 Å². The fraction of sp³-hybridized carbons (Fsp3) is 0.476. The highest BCUT2D eigenvalue weighted by molar-refractivity contribution is 5.94. The number of phenols is 1. The van der Waals surface area contributed by atoms with E-state index in [-0.39, 0.29) is 25.0 Å². The van der Waals surface area contributed by atoms with Crippen LogP contribution in [-0.4, -0.2) is 86.9 Å². The topological polar surface area (TPSA) is 254 Å². The van der Waals surface area contributed by atoms with Crippen molar-refractivity contribution in [2.45, 2.75) is 56.5 Å². The molecule has 0 saturated heterocycles. The number of nitrogens with one attached hydrogen (secondary N) is 3. The van der Waals surface area contributed by atoms with Gasteiger partial charge in [-0.05, 0) is 31.0 Å². The molecule has 0 fully saturated rings. The quantitative estimate of drug-likeness (QED) is 0.122. The van der Waals surface area contributed by atoms with Crippen molar-refractivity contribution in [1.29, 1.82) is 0 Å². The van der Waals surface area contributed by atoms with Crippen LogP contribution in [-0.2, 0) is 30.4 Å². The summed E-state index contributed by atoms with van der Waals surface area (Å²) in [7, 11) is 0. The van der Waals surface area contributed by atoms with E-state index in [1.54, 1.807) is 0 Å². The van der Waals surface area contributed by atoms with Crippen LogP contribution in [0.2, 0.25) is 0 Å². The molecular formula is C21H31N5O9. The molecule has 1 rings (SSSR count). The summed E-state index contributed by atoms with van der Waals surface area (Å²) in [5.41, 5.74) is 10.9. The Hall–Kier alpha value is -3.75. The monoisotopic (exact) mass is 497 g/mol. The van der Waals surface area contributed by atoms with Gasteiger partial charge in [0.25, 0.3) is 0 Å². The SMILES string of the molecule is CC(O)C(NC(=O)C(N)CO)C(=O)NC(Cc1ccc(O)cc1)C(=O)NC(CCC(N)=O)C(=O)O. The highest BCUT2D eigenvalue weighted by Gasteiger charge is 2.32. The molecule has 0 aliphatic carbocycles. The third kappa shape index (κ3) is 9.95. The maximum absolute atomic E-state index is 12.9. The first-order valence-corrected chi connectivity index (χ1v) is 10.6. The fourth-order valence-electron chi connectivity index (χ4n) is 2.90. The maximum atomic E-state index is 12.9. The summed E-state index contributed by atoms with van der Waals surface area (Å²) in [6.45, 7) is 0.488. The predicted octanol–water partition coefficient (Wildman–Crippen LogP) is -3.56. The number of aliphatic hydroxyl groups is 2. The van der Waals surface area contributed by atoms with E-state index in [0.29, 0.717) is 5.56 Å². The van der Waals surface area contributed by atoms with E-state index in [2.05, 4.69) is 16.0 Å². The van der Waals surface area contributed by atoms with Crippen molar-refractivity contribution in [2.24, 2.45) is 11.5 Å². The van der Waals surface area contributed by atoms with E-state index < -0.39 is 66.5 Å². The Labute approximate surface area is 200 Å². The minimum Gasteiger partial charge on any atom is -0.508 e. The number of carboxylic acids is 1. The molecular weight excluding hydrogens is 466 g/mol. The van der Waals surface area contributed by atoms with Gasteiger partial charge < -0.3 is 47.8 Å². The van der Waals surface area contributed by atoms with E-state index in [1.165, 1.54) is 31.2 Å². The third-order valence-electron chi connectivity index (χ3n) is 4.90. The molecule has 35 heavy (non-hydrogen) atoms. The van der Waals surface area contributed by atoms with Crippen LogP contribution in [0.25, 0.3) is 0 Å². The molecule has 14 heteroatoms. The number of carboxylic acid groups (broad SMARTS) is 1. The lowest BCUT2D eigenvalue weighted by molar-refractivity contribution is -0.142. The first kappa shape index (κ1) is 29.3. The number of primary amides is 1. The molecule has 0 aliphatic heterocycles. The van der Waals surface area contributed by atoms with Crippen molar-refractivity contribution in [2.75, 3.05) is 6.61 Å². The van der Waals surface area contributed by atoms with Crippen LogP contribution in [0.3, 0.4) is 0 Å². The molecule has 5 atom stereocenters. The molecule has 0 spiro atoms. The highest BCUT2D eigenvalue weighted by Crippen LogP contribution is 2.12. The molecule has 5 unspecified atom stereocenters. The van der Waals surface area contributed by atoms with Gasteiger partial charge in [0, 0.05) is 12.8 Å². The Morgan fingerprint density at radius 3 is 2.00 bits per heavy atom. The Kier molecular flexibility index (Phi) is 11.6. The molecule has 0 saturated carbocycles. The van der Waals surface area contributed by atoms with Gasteiger partial charge in [0.05, 0.1) is 12.7 Å². The number of phenolic OH excluding ortho intramolecular Hbond substituents is 1. The first-order chi connectivity index (χ1) is 16.3. The van der Waals surface area contributed by atoms with E-state index >= 15 is 0 Å². The lowest BCUT2D eigenvalue weighted by Crippen LogP contribution is -2.60. The van der Waals surface area contributed by atoms with Crippen LogP contribution >= 0.6 is 0 Å². The Bertz CT molecular complexity index is 907. The first-order valence-electron chi connectivity index (χ1n) is 10.6. The van der Waals surface area contributed by atoms with Gasteiger partial charge in [-0.25, -0.2) is 4.79 Å². The van der Waals surface area contributed by atoms with Gasteiger partial charge in [0.2, 0.25) is 23.6 Å². The lowest BCUT2D eigenvalue weighted by Gasteiger charge is -2.26. The van der Waals surface area contributed by atoms with E-state index in [4.69, 9.17) is 16.6 Å². The van der Waals surface area contributed by atoms with Gasteiger partial charge in [-0.15, -0.1) is 0 Å². The molecule has 0 heterocycles. The Morgan fingerprint density at radius 1 is 0.943 bits per heavy atom. The lowest BCUT2D eigenvalue weighted by atomic mass is 10.0. The molecule has 0 bridgehead atoms. The number of rotatable bonds is 14. The van der Waals surface area contributed by atoms with Crippen LogP contribution in [0.1, 0.15) is 25.3 Å². The average molecular weight is 498 g/mol. The molecule has 1 aromatic carbocycles. The number of aliphatic hydroxyl groups excluding tert-OH is 2. The number of aromatic hydroxyl groups is 1. The molecule has 194 valence electrons. The number of aliphatic carboxylic acids is 1. The van der Waals surface area contributed by atoms with Crippen molar-refractivity contribution in [3.63, 3.8) is 0 Å². The summed E-state index contributed by atoms with van der Waals surface area (Å²) < 4.78 is 0. The van der Waals surface area contributed by atoms with Crippen LogP contribution in [0, 0.1) is 0 Å². The number of carbonyl (C=O) groups excluding carboxylic acids is 4. The largest absolute Gasteiger partial charge is 0.508 e. The maximum Gasteiger partial charge on any atom is 0.326 e. The molecule has 14 nitrogen and oxygen atoms in total. The van der Waals surface area contributed by atoms with Crippen LogP contribution < -0.4 is 27.4 Å². The Balaban J connectivity index is 3.13. The zero-order chi connectivity index (χ0) is 26.7. The molecule has 0 aliphatic rings.